The third-order valence-corrected chi connectivity index (χ3v) is 3.66. The van der Waals surface area contributed by atoms with Gasteiger partial charge in [-0.25, -0.2) is 0 Å². The van der Waals surface area contributed by atoms with Crippen LogP contribution in [0.3, 0.4) is 0 Å². The predicted molar refractivity (Wildman–Crippen MR) is 68.6 cm³/mol. The Balaban J connectivity index is 2.05. The zero-order valence-corrected chi connectivity index (χ0v) is 11.2. The molecule has 1 aliphatic carbocycles. The Morgan fingerprint density at radius 2 is 2.16 bits per heavy atom. The number of rotatable bonds is 3. The van der Waals surface area contributed by atoms with E-state index in [2.05, 4.69) is 15.5 Å². The Morgan fingerprint density at radius 3 is 2.79 bits per heavy atom. The van der Waals surface area contributed by atoms with Crippen molar-refractivity contribution in [1.29, 1.82) is 0 Å². The molecule has 1 saturated carbocycles. The minimum Gasteiger partial charge on any atom is -0.469 e. The number of esters is 1. The first-order valence-electron chi connectivity index (χ1n) is 6.52. The van der Waals surface area contributed by atoms with Gasteiger partial charge in [-0.05, 0) is 19.8 Å². The molecular weight excluding hydrogens is 246 g/mol. The first kappa shape index (κ1) is 13.6. The van der Waals surface area contributed by atoms with Crippen LogP contribution in [0.4, 0.5) is 0 Å². The van der Waals surface area contributed by atoms with E-state index in [0.29, 0.717) is 5.56 Å². The number of nitrogens with zero attached hydrogens (tertiary/aromatic N) is 1. The van der Waals surface area contributed by atoms with Crippen molar-refractivity contribution in [1.82, 2.24) is 15.5 Å². The highest BCUT2D eigenvalue weighted by molar-refractivity contribution is 5.95. The molecule has 1 fully saturated rings. The van der Waals surface area contributed by atoms with Crippen LogP contribution in [0.15, 0.2) is 6.20 Å². The van der Waals surface area contributed by atoms with Crippen LogP contribution < -0.4 is 5.32 Å². The van der Waals surface area contributed by atoms with Gasteiger partial charge in [0.2, 0.25) is 0 Å². The Morgan fingerprint density at radius 1 is 1.42 bits per heavy atom. The van der Waals surface area contributed by atoms with Gasteiger partial charge in [-0.1, -0.05) is 12.8 Å². The van der Waals surface area contributed by atoms with Crippen LogP contribution >= 0.6 is 0 Å². The summed E-state index contributed by atoms with van der Waals surface area (Å²) < 4.78 is 4.81. The molecule has 6 nitrogen and oxygen atoms in total. The lowest BCUT2D eigenvalue weighted by atomic mass is 9.84. The summed E-state index contributed by atoms with van der Waals surface area (Å²) in [6.07, 6.45) is 5.09. The highest BCUT2D eigenvalue weighted by Gasteiger charge is 2.33. The number of ether oxygens (including phenoxy) is 1. The van der Waals surface area contributed by atoms with Gasteiger partial charge >= 0.3 is 5.97 Å². The predicted octanol–water partition coefficient (Wildman–Crippen LogP) is 1.18. The highest BCUT2D eigenvalue weighted by atomic mass is 16.5. The van der Waals surface area contributed by atoms with Crippen molar-refractivity contribution in [3.63, 3.8) is 0 Å². The second-order valence-electron chi connectivity index (χ2n) is 4.90. The van der Waals surface area contributed by atoms with Crippen molar-refractivity contribution < 1.29 is 14.3 Å². The molecule has 2 atom stereocenters. The van der Waals surface area contributed by atoms with Crippen molar-refractivity contribution >= 4 is 11.9 Å². The Labute approximate surface area is 111 Å². The van der Waals surface area contributed by atoms with Crippen molar-refractivity contribution in [3.8, 4) is 0 Å². The van der Waals surface area contributed by atoms with Crippen LogP contribution in [0, 0.1) is 12.8 Å². The van der Waals surface area contributed by atoms with Crippen molar-refractivity contribution in [2.24, 2.45) is 5.92 Å². The zero-order valence-electron chi connectivity index (χ0n) is 11.2. The van der Waals surface area contributed by atoms with E-state index in [1.54, 1.807) is 6.92 Å². The molecule has 0 aromatic carbocycles. The average molecular weight is 265 g/mol. The molecule has 19 heavy (non-hydrogen) atoms. The lowest BCUT2D eigenvalue weighted by Crippen LogP contribution is -2.45. The smallest absolute Gasteiger partial charge is 0.310 e. The molecule has 104 valence electrons. The van der Waals surface area contributed by atoms with Gasteiger partial charge in [0, 0.05) is 11.7 Å². The number of carbonyl (C=O) groups is 2. The summed E-state index contributed by atoms with van der Waals surface area (Å²) in [4.78, 5) is 23.8. The number of hydrogen-bond acceptors (Lipinski definition) is 4. The Bertz CT molecular complexity index is 469. The number of amides is 1. The number of hydrogen-bond donors (Lipinski definition) is 2. The van der Waals surface area contributed by atoms with Gasteiger partial charge in [0.25, 0.3) is 5.91 Å². The van der Waals surface area contributed by atoms with Crippen LogP contribution in [0.2, 0.25) is 0 Å². The van der Waals surface area contributed by atoms with Gasteiger partial charge in [0.1, 0.15) is 0 Å². The van der Waals surface area contributed by atoms with Crippen molar-refractivity contribution in [2.75, 3.05) is 7.11 Å². The number of methoxy groups -OCH3 is 1. The molecule has 1 amide bonds. The number of H-pyrrole nitrogens is 1. The topological polar surface area (TPSA) is 84.1 Å². The molecule has 0 bridgehead atoms. The second-order valence-corrected chi connectivity index (χ2v) is 4.90. The lowest BCUT2D eigenvalue weighted by Gasteiger charge is -2.30. The van der Waals surface area contributed by atoms with Crippen LogP contribution in [-0.2, 0) is 9.53 Å². The van der Waals surface area contributed by atoms with E-state index in [1.807, 2.05) is 0 Å². The van der Waals surface area contributed by atoms with E-state index in [9.17, 15) is 9.59 Å². The number of aromatic amines is 1. The summed E-state index contributed by atoms with van der Waals surface area (Å²) in [7, 11) is 1.38. The van der Waals surface area contributed by atoms with Gasteiger partial charge in [0.15, 0.2) is 0 Å². The number of aryl methyl sites for hydroxylation is 1. The first-order chi connectivity index (χ1) is 9.13. The summed E-state index contributed by atoms with van der Waals surface area (Å²) in [6, 6.07) is -0.150. The van der Waals surface area contributed by atoms with E-state index in [4.69, 9.17) is 4.74 Å². The normalized spacial score (nSPS) is 22.8. The minimum absolute atomic E-state index is 0.150. The van der Waals surface area contributed by atoms with Gasteiger partial charge < -0.3 is 10.1 Å². The monoisotopic (exact) mass is 265 g/mol. The van der Waals surface area contributed by atoms with Crippen molar-refractivity contribution in [3.05, 3.63) is 17.5 Å². The molecule has 0 spiro atoms. The van der Waals surface area contributed by atoms with Crippen LogP contribution in [-0.4, -0.2) is 35.2 Å². The molecule has 1 heterocycles. The first-order valence-corrected chi connectivity index (χ1v) is 6.52. The van der Waals surface area contributed by atoms with Gasteiger partial charge in [0.05, 0.1) is 24.8 Å². The van der Waals surface area contributed by atoms with E-state index in [1.165, 1.54) is 13.3 Å². The summed E-state index contributed by atoms with van der Waals surface area (Å²) in [5, 5.41) is 9.49. The maximum Gasteiger partial charge on any atom is 0.310 e. The molecule has 2 N–H and O–H groups in total. The number of carbonyl (C=O) groups excluding carboxylic acids is 2. The summed E-state index contributed by atoms with van der Waals surface area (Å²) in [6.45, 7) is 1.79. The molecule has 1 aromatic rings. The molecule has 1 aromatic heterocycles. The SMILES string of the molecule is COC(=O)[C@H]1CCCC[C@@H]1NC(=O)c1cn[nH]c1C. The fourth-order valence-corrected chi connectivity index (χ4v) is 2.56. The largest absolute Gasteiger partial charge is 0.469 e. The minimum atomic E-state index is -0.242. The lowest BCUT2D eigenvalue weighted by molar-refractivity contribution is -0.147. The van der Waals surface area contributed by atoms with E-state index >= 15 is 0 Å². The Hall–Kier alpha value is -1.85. The molecule has 6 heteroatoms. The molecule has 0 radical (unpaired) electrons. The number of aromatic nitrogens is 2. The molecular formula is C13H19N3O3. The molecule has 0 saturated heterocycles. The highest BCUT2D eigenvalue weighted by Crippen LogP contribution is 2.25. The summed E-state index contributed by atoms with van der Waals surface area (Å²) >= 11 is 0. The molecule has 2 rings (SSSR count). The van der Waals surface area contributed by atoms with Gasteiger partial charge in [-0.15, -0.1) is 0 Å². The van der Waals surface area contributed by atoms with Crippen LogP contribution in [0.1, 0.15) is 41.7 Å². The zero-order chi connectivity index (χ0) is 13.8. The number of nitrogens with one attached hydrogen (secondary N) is 2. The quantitative estimate of drug-likeness (QED) is 0.804. The third kappa shape index (κ3) is 2.94. The maximum atomic E-state index is 12.1. The van der Waals surface area contributed by atoms with E-state index in [-0.39, 0.29) is 23.8 Å². The fraction of sp³-hybridized carbons (Fsp3) is 0.615. The standard InChI is InChI=1S/C13H19N3O3/c1-8-10(7-14-16-8)12(17)15-11-6-4-3-5-9(11)13(18)19-2/h7,9,11H,3-6H2,1-2H3,(H,14,16)(H,15,17)/t9-,11-/m0/s1. The fourth-order valence-electron chi connectivity index (χ4n) is 2.56. The van der Waals surface area contributed by atoms with Gasteiger partial charge in [-0.2, -0.15) is 5.10 Å². The Kier molecular flexibility index (Phi) is 4.19. The molecule has 0 aliphatic heterocycles. The van der Waals surface area contributed by atoms with E-state index < -0.39 is 0 Å². The van der Waals surface area contributed by atoms with E-state index in [0.717, 1.165) is 31.4 Å². The molecule has 0 unspecified atom stereocenters. The average Bonchev–Trinajstić information content (AvgIpc) is 2.85. The molecule has 1 aliphatic rings. The van der Waals surface area contributed by atoms with Crippen molar-refractivity contribution in [2.45, 2.75) is 38.6 Å². The third-order valence-electron chi connectivity index (χ3n) is 3.66. The van der Waals surface area contributed by atoms with Crippen LogP contribution in [0.25, 0.3) is 0 Å². The maximum absolute atomic E-state index is 12.1. The second kappa shape index (κ2) is 5.86. The summed E-state index contributed by atoms with van der Waals surface area (Å²) in [5.74, 6) is -0.670. The van der Waals surface area contributed by atoms with Gasteiger partial charge in [-0.3, -0.25) is 14.7 Å². The summed E-state index contributed by atoms with van der Waals surface area (Å²) in [5.41, 5.74) is 1.25. The van der Waals surface area contributed by atoms with Crippen LogP contribution in [0.5, 0.6) is 0 Å².